The van der Waals surface area contributed by atoms with E-state index in [4.69, 9.17) is 10.5 Å². The highest BCUT2D eigenvalue weighted by Gasteiger charge is 2.27. The summed E-state index contributed by atoms with van der Waals surface area (Å²) >= 11 is 0. The van der Waals surface area contributed by atoms with Gasteiger partial charge in [-0.3, -0.25) is 4.79 Å². The second-order valence-corrected chi connectivity index (χ2v) is 8.75. The normalized spacial score (nSPS) is 12.5. The van der Waals surface area contributed by atoms with Crippen LogP contribution in [0.2, 0.25) is 0 Å². The molecule has 5 N–H and O–H groups in total. The molecule has 0 aromatic heterocycles. The predicted molar refractivity (Wildman–Crippen MR) is 132 cm³/mol. The van der Waals surface area contributed by atoms with E-state index in [1.54, 1.807) is 20.8 Å². The SMILES string of the molecule is CC(C)(C)OC(=O)N[C@H](CCCNC(N)=N[N+](=O)[O-])C(=O)NC(c1ccccc1)c1ccccc1. The third kappa shape index (κ3) is 10.1. The molecule has 0 heterocycles. The number of hydrogen-bond acceptors (Lipinski definition) is 5. The van der Waals surface area contributed by atoms with Gasteiger partial charge in [-0.15, -0.1) is 0 Å². The van der Waals surface area contributed by atoms with Gasteiger partial charge in [-0.25, -0.2) is 14.9 Å². The molecule has 0 bridgehead atoms. The van der Waals surface area contributed by atoms with E-state index in [-0.39, 0.29) is 18.9 Å². The zero-order chi connectivity index (χ0) is 25.8. The lowest BCUT2D eigenvalue weighted by molar-refractivity contribution is -0.485. The molecule has 0 spiro atoms. The van der Waals surface area contributed by atoms with E-state index in [0.717, 1.165) is 11.1 Å². The highest BCUT2D eigenvalue weighted by molar-refractivity contribution is 5.86. The molecule has 0 aliphatic carbocycles. The Morgan fingerprint density at radius 3 is 2.06 bits per heavy atom. The van der Waals surface area contributed by atoms with E-state index in [2.05, 4.69) is 21.1 Å². The van der Waals surface area contributed by atoms with Gasteiger partial charge in [0.15, 0.2) is 5.03 Å². The third-order valence-corrected chi connectivity index (χ3v) is 4.72. The quantitative estimate of drug-likeness (QED) is 0.132. The molecule has 0 fully saturated rings. The molecule has 2 aromatic rings. The molecule has 2 amide bonds. The largest absolute Gasteiger partial charge is 0.444 e. The van der Waals surface area contributed by atoms with Crippen LogP contribution in [0.4, 0.5) is 4.79 Å². The van der Waals surface area contributed by atoms with Crippen LogP contribution >= 0.6 is 0 Å². The number of nitrogens with zero attached hydrogens (tertiary/aromatic N) is 2. The molecule has 188 valence electrons. The molecule has 35 heavy (non-hydrogen) atoms. The van der Waals surface area contributed by atoms with Gasteiger partial charge in [-0.05, 0) is 44.7 Å². The maximum atomic E-state index is 13.3. The van der Waals surface area contributed by atoms with Crippen LogP contribution in [0.25, 0.3) is 0 Å². The number of rotatable bonds is 10. The molecule has 2 aromatic carbocycles. The highest BCUT2D eigenvalue weighted by Crippen LogP contribution is 2.22. The summed E-state index contributed by atoms with van der Waals surface area (Å²) in [4.78, 5) is 36.1. The molecule has 2 rings (SSSR count). The van der Waals surface area contributed by atoms with E-state index in [9.17, 15) is 19.7 Å². The first-order chi connectivity index (χ1) is 16.5. The van der Waals surface area contributed by atoms with Gasteiger partial charge in [0.25, 0.3) is 5.96 Å². The van der Waals surface area contributed by atoms with Crippen LogP contribution in [0.3, 0.4) is 0 Å². The van der Waals surface area contributed by atoms with Crippen molar-refractivity contribution in [3.63, 3.8) is 0 Å². The Labute approximate surface area is 204 Å². The predicted octanol–water partition coefficient (Wildman–Crippen LogP) is 2.66. The van der Waals surface area contributed by atoms with Crippen molar-refractivity contribution in [1.29, 1.82) is 0 Å². The van der Waals surface area contributed by atoms with Crippen LogP contribution in [0.5, 0.6) is 0 Å². The molecule has 0 saturated heterocycles. The van der Waals surface area contributed by atoms with E-state index >= 15 is 0 Å². The topological polar surface area (TPSA) is 161 Å². The summed E-state index contributed by atoms with van der Waals surface area (Å²) < 4.78 is 5.32. The number of carbonyl (C=O) groups excluding carboxylic acids is 2. The smallest absolute Gasteiger partial charge is 0.408 e. The molecule has 11 heteroatoms. The molecule has 0 saturated carbocycles. The molecule has 11 nitrogen and oxygen atoms in total. The first kappa shape index (κ1) is 27.1. The number of ether oxygens (including phenoxy) is 1. The second-order valence-electron chi connectivity index (χ2n) is 8.75. The fourth-order valence-corrected chi connectivity index (χ4v) is 3.26. The van der Waals surface area contributed by atoms with Crippen molar-refractivity contribution in [2.45, 2.75) is 51.3 Å². The fraction of sp³-hybridized carbons (Fsp3) is 0.375. The van der Waals surface area contributed by atoms with Crippen molar-refractivity contribution in [2.75, 3.05) is 6.54 Å². The first-order valence-electron chi connectivity index (χ1n) is 11.2. The molecule has 0 aliphatic heterocycles. The van der Waals surface area contributed by atoms with Gasteiger partial charge in [-0.1, -0.05) is 60.7 Å². The van der Waals surface area contributed by atoms with Gasteiger partial charge in [0.05, 0.1) is 6.04 Å². The average molecular weight is 485 g/mol. The van der Waals surface area contributed by atoms with Crippen LogP contribution in [0.1, 0.15) is 50.8 Å². The number of alkyl carbamates (subject to hydrolysis) is 1. The van der Waals surface area contributed by atoms with E-state index in [1.165, 1.54) is 0 Å². The Bertz CT molecular complexity index is 969. The minimum Gasteiger partial charge on any atom is -0.444 e. The minimum absolute atomic E-state index is 0.212. The van der Waals surface area contributed by atoms with Crippen LogP contribution in [0, 0.1) is 10.1 Å². The number of nitro groups is 1. The highest BCUT2D eigenvalue weighted by atomic mass is 16.7. The van der Waals surface area contributed by atoms with Gasteiger partial charge in [-0.2, -0.15) is 0 Å². The summed E-state index contributed by atoms with van der Waals surface area (Å²) in [5, 5.41) is 20.7. The third-order valence-electron chi connectivity index (χ3n) is 4.72. The Hall–Kier alpha value is -4.15. The lowest BCUT2D eigenvalue weighted by atomic mass is 9.98. The van der Waals surface area contributed by atoms with Crippen molar-refractivity contribution in [1.82, 2.24) is 16.0 Å². The summed E-state index contributed by atoms with van der Waals surface area (Å²) in [5.74, 6) is -0.746. The second kappa shape index (κ2) is 12.9. The maximum Gasteiger partial charge on any atom is 0.408 e. The first-order valence-corrected chi connectivity index (χ1v) is 11.2. The number of benzene rings is 2. The number of carbonyl (C=O) groups is 2. The number of nitrogens with two attached hydrogens (primary N) is 1. The molecule has 0 aliphatic rings. The number of guanidine groups is 1. The zero-order valence-corrected chi connectivity index (χ0v) is 20.1. The van der Waals surface area contributed by atoms with Gasteiger partial charge < -0.3 is 26.4 Å². The number of amides is 2. The lowest BCUT2D eigenvalue weighted by Gasteiger charge is -2.26. The van der Waals surface area contributed by atoms with Crippen molar-refractivity contribution in [2.24, 2.45) is 10.8 Å². The molecular weight excluding hydrogens is 452 g/mol. The van der Waals surface area contributed by atoms with Crippen LogP contribution in [-0.2, 0) is 9.53 Å². The summed E-state index contributed by atoms with van der Waals surface area (Å²) in [6, 6.07) is 17.6. The van der Waals surface area contributed by atoms with Crippen LogP contribution in [-0.4, -0.2) is 41.2 Å². The van der Waals surface area contributed by atoms with Gasteiger partial charge in [0.1, 0.15) is 16.7 Å². The molecule has 1 atom stereocenters. The van der Waals surface area contributed by atoms with Gasteiger partial charge in [0.2, 0.25) is 5.91 Å². The minimum atomic E-state index is -0.921. The van der Waals surface area contributed by atoms with Crippen LogP contribution in [0.15, 0.2) is 65.8 Å². The molecule has 0 unspecified atom stereocenters. The van der Waals surface area contributed by atoms with Crippen molar-refractivity contribution >= 4 is 18.0 Å². The fourth-order valence-electron chi connectivity index (χ4n) is 3.26. The number of nitrogens with one attached hydrogen (secondary N) is 3. The molecule has 0 radical (unpaired) electrons. The average Bonchev–Trinajstić information content (AvgIpc) is 2.78. The Kier molecular flexibility index (Phi) is 10.0. The maximum absolute atomic E-state index is 13.3. The summed E-state index contributed by atoms with van der Waals surface area (Å²) in [7, 11) is 0. The van der Waals surface area contributed by atoms with E-state index in [1.807, 2.05) is 60.7 Å². The van der Waals surface area contributed by atoms with Crippen molar-refractivity contribution < 1.29 is 19.4 Å². The van der Waals surface area contributed by atoms with E-state index < -0.39 is 34.7 Å². The Morgan fingerprint density at radius 1 is 1.03 bits per heavy atom. The Balaban J connectivity index is 2.16. The zero-order valence-electron chi connectivity index (χ0n) is 20.1. The van der Waals surface area contributed by atoms with Gasteiger partial charge in [0, 0.05) is 6.54 Å². The lowest BCUT2D eigenvalue weighted by Crippen LogP contribution is -2.49. The van der Waals surface area contributed by atoms with Crippen molar-refractivity contribution in [3.8, 4) is 0 Å². The Morgan fingerprint density at radius 2 is 1.57 bits per heavy atom. The number of hydrogen-bond donors (Lipinski definition) is 4. The number of hydrazone groups is 1. The van der Waals surface area contributed by atoms with Gasteiger partial charge >= 0.3 is 6.09 Å². The summed E-state index contributed by atoms with van der Waals surface area (Å²) in [6.45, 7) is 5.39. The molecular formula is C24H32N6O5. The van der Waals surface area contributed by atoms with Crippen LogP contribution < -0.4 is 21.7 Å². The standard InChI is InChI=1S/C24H32N6O5/c1-24(2,3)35-23(32)27-19(15-10-16-26-22(25)29-30(33)34)21(31)28-20(17-11-6-4-7-12-17)18-13-8-5-9-14-18/h4-9,11-14,19-20H,10,15-16H2,1-3H3,(H,27,32)(H,28,31)(H3,25,26,29)/t19-/m1/s1. The summed E-state index contributed by atoms with van der Waals surface area (Å²) in [5.41, 5.74) is 6.45. The van der Waals surface area contributed by atoms with Crippen molar-refractivity contribution in [3.05, 3.63) is 81.9 Å². The van der Waals surface area contributed by atoms with E-state index in [0.29, 0.717) is 6.42 Å². The monoisotopic (exact) mass is 484 g/mol. The summed E-state index contributed by atoms with van der Waals surface area (Å²) in [6.07, 6.45) is -0.139.